The van der Waals surface area contributed by atoms with Gasteiger partial charge in [-0.05, 0) is 64.2 Å². The van der Waals surface area contributed by atoms with Crippen molar-refractivity contribution in [1.82, 2.24) is 0 Å². The van der Waals surface area contributed by atoms with Gasteiger partial charge < -0.3 is 19.3 Å². The van der Waals surface area contributed by atoms with Crippen molar-refractivity contribution in [3.05, 3.63) is 24.3 Å². The van der Waals surface area contributed by atoms with Gasteiger partial charge in [0.25, 0.3) is 0 Å². The van der Waals surface area contributed by atoms with Crippen molar-refractivity contribution in [2.45, 2.75) is 181 Å². The Balaban J connectivity index is -0.000000722. The number of carboxylic acid groups (broad SMARTS) is 1. The molecule has 0 saturated carbocycles. The second-order valence-corrected chi connectivity index (χ2v) is 12.5. The minimum absolute atomic E-state index is 0.149. The number of unbranched alkanes of at least 4 members (excludes halogenated alkanes) is 21. The van der Waals surface area contributed by atoms with E-state index < -0.39 is 17.6 Å². The van der Waals surface area contributed by atoms with Crippen molar-refractivity contribution in [1.29, 1.82) is 0 Å². The number of hydrogen-bond donors (Lipinski definition) is 1. The Morgan fingerprint density at radius 2 is 0.854 bits per heavy atom. The smallest absolute Gasteiger partial charge is 0.481 e. The average Bonchev–Trinajstić information content (AvgIpc) is 3.05. The van der Waals surface area contributed by atoms with E-state index in [4.69, 9.17) is 33.0 Å². The molecule has 0 unspecified atom stereocenters. The molecule has 7 nitrogen and oxygen atoms in total. The van der Waals surface area contributed by atoms with E-state index in [0.717, 1.165) is 32.1 Å². The third-order valence-corrected chi connectivity index (χ3v) is 7.70. The molecule has 48 heavy (non-hydrogen) atoms. The van der Waals surface area contributed by atoms with Gasteiger partial charge in [0.1, 0.15) is 0 Å². The summed E-state index contributed by atoms with van der Waals surface area (Å²) in [6.07, 6.45) is 40.1. The summed E-state index contributed by atoms with van der Waals surface area (Å²) in [5.41, 5.74) is -0.870. The first-order valence-electron chi connectivity index (χ1n) is 18.6. The van der Waals surface area contributed by atoms with Crippen LogP contribution in [0.25, 0.3) is 0 Å². The molecule has 0 heterocycles. The lowest BCUT2D eigenvalue weighted by Gasteiger charge is -2.03. The number of carbonyl (C=O) groups is 3. The number of aliphatic carboxylic acids is 1. The minimum atomic E-state index is -0.870. The van der Waals surface area contributed by atoms with Gasteiger partial charge >= 0.3 is 17.6 Å². The number of allylic oxidation sites excluding steroid dienone is 4. The third kappa shape index (κ3) is 56.9. The topological polar surface area (TPSA) is 99.1 Å². The molecular formula is C38H69Cl3O7. The van der Waals surface area contributed by atoms with E-state index in [1.807, 2.05) is 0 Å². The van der Waals surface area contributed by atoms with Crippen molar-refractivity contribution < 1.29 is 33.7 Å². The van der Waals surface area contributed by atoms with Crippen LogP contribution < -0.4 is 0 Å². The molecule has 10 heteroatoms. The maximum absolute atomic E-state index is 10.8. The molecule has 0 aliphatic heterocycles. The Morgan fingerprint density at radius 1 is 0.500 bits per heavy atom. The molecule has 284 valence electrons. The fraction of sp³-hybridized carbons (Fsp3) is 0.816. The van der Waals surface area contributed by atoms with Crippen molar-refractivity contribution in [2.75, 3.05) is 18.7 Å². The highest BCUT2D eigenvalue weighted by molar-refractivity contribution is 6.61. The van der Waals surface area contributed by atoms with Crippen LogP contribution in [-0.2, 0) is 19.0 Å². The Hall–Kier alpha value is -1.44. The van der Waals surface area contributed by atoms with Crippen molar-refractivity contribution in [3.8, 4) is 0 Å². The Morgan fingerprint density at radius 3 is 1.19 bits per heavy atom. The molecule has 0 spiro atoms. The zero-order valence-corrected chi connectivity index (χ0v) is 32.6. The highest BCUT2D eigenvalue weighted by Gasteiger charge is 2.01. The second kappa shape index (κ2) is 47.7. The lowest BCUT2D eigenvalue weighted by molar-refractivity contribution is -0.137. The number of rotatable bonds is 31. The van der Waals surface area contributed by atoms with Gasteiger partial charge in [0, 0.05) is 18.0 Å². The zero-order valence-electron chi connectivity index (χ0n) is 30.3. The van der Waals surface area contributed by atoms with Gasteiger partial charge in [0.15, 0.2) is 12.1 Å². The number of hydrogen-bond acceptors (Lipinski definition) is 6. The van der Waals surface area contributed by atoms with Crippen molar-refractivity contribution >= 4 is 52.4 Å². The highest BCUT2D eigenvalue weighted by Crippen LogP contribution is 2.11. The maximum atomic E-state index is 10.8. The predicted octanol–water partition coefficient (Wildman–Crippen LogP) is 14.3. The summed E-state index contributed by atoms with van der Waals surface area (Å²) >= 11 is 14.7. The van der Waals surface area contributed by atoms with E-state index in [0.29, 0.717) is 13.0 Å². The molecule has 0 aromatic rings. The Bertz CT molecular complexity index is 733. The predicted molar refractivity (Wildman–Crippen MR) is 204 cm³/mol. The molecule has 0 bridgehead atoms. The molecule has 0 rings (SSSR count). The van der Waals surface area contributed by atoms with Crippen LogP contribution in [0.4, 0.5) is 9.59 Å². The Labute approximate surface area is 308 Å². The van der Waals surface area contributed by atoms with Crippen LogP contribution in [0.1, 0.15) is 181 Å². The quantitative estimate of drug-likeness (QED) is 0.0248. The molecule has 0 fully saturated rings. The monoisotopic (exact) mass is 742 g/mol. The van der Waals surface area contributed by atoms with Gasteiger partial charge in [-0.1, -0.05) is 158 Å². The molecule has 0 aromatic heterocycles. The number of halogens is 3. The molecule has 0 radical (unpaired) electrons. The van der Waals surface area contributed by atoms with E-state index in [1.165, 1.54) is 128 Å². The molecule has 0 aliphatic rings. The van der Waals surface area contributed by atoms with Crippen LogP contribution in [0.3, 0.4) is 0 Å². The number of alkyl halides is 2. The summed E-state index contributed by atoms with van der Waals surface area (Å²) < 4.78 is 13.2. The fourth-order valence-corrected chi connectivity index (χ4v) is 4.93. The van der Waals surface area contributed by atoms with E-state index in [1.54, 1.807) is 0 Å². The summed E-state index contributed by atoms with van der Waals surface area (Å²) in [7, 11) is 0. The molecule has 0 aromatic carbocycles. The highest BCUT2D eigenvalue weighted by atomic mass is 35.5. The molecule has 1 N–H and O–H groups in total. The summed E-state index contributed by atoms with van der Waals surface area (Å²) in [5.74, 6) is -0.664. The molecule has 0 atom stereocenters. The van der Waals surface area contributed by atoms with Gasteiger partial charge in [0.2, 0.25) is 0 Å². The van der Waals surface area contributed by atoms with E-state index >= 15 is 0 Å². The fourth-order valence-electron chi connectivity index (χ4n) is 4.63. The first-order chi connectivity index (χ1) is 23.3. The summed E-state index contributed by atoms with van der Waals surface area (Å²) in [4.78, 5) is 30.7. The van der Waals surface area contributed by atoms with Crippen LogP contribution in [0.15, 0.2) is 24.3 Å². The third-order valence-electron chi connectivity index (χ3n) is 7.37. The average molecular weight is 744 g/mol. The van der Waals surface area contributed by atoms with E-state index in [9.17, 15) is 14.4 Å². The van der Waals surface area contributed by atoms with Gasteiger partial charge in [-0.3, -0.25) is 4.79 Å². The SMILES string of the molecule is CCCCCCCC/C=C/CCCCCCCC(=O)O.CCCCCCCC/C=C/CCCCCCOC(=O)OCCl.O=C(Cl)OCCl. The summed E-state index contributed by atoms with van der Waals surface area (Å²) in [6.45, 7) is 4.93. The van der Waals surface area contributed by atoms with Gasteiger partial charge in [-0.15, -0.1) is 0 Å². The number of carboxylic acids is 1. The normalized spacial score (nSPS) is 10.7. The minimum Gasteiger partial charge on any atom is -0.481 e. The van der Waals surface area contributed by atoms with Crippen LogP contribution in [-0.4, -0.2) is 41.4 Å². The lowest BCUT2D eigenvalue weighted by atomic mass is 10.1. The largest absolute Gasteiger partial charge is 0.509 e. The number of ether oxygens (including phenoxy) is 3. The van der Waals surface area contributed by atoms with Crippen LogP contribution in [0.5, 0.6) is 0 Å². The lowest BCUT2D eigenvalue weighted by Crippen LogP contribution is -2.07. The molecule has 0 aliphatic carbocycles. The standard InChI is InChI=1S/C18H33ClO3.C18H34O2.C2H2Cl2O2/c1-2-3-4-5-6-7-8-9-10-11-12-13-14-15-16-21-18(20)22-17-19;1-2-3-4-5-6-7-8-9-10-11-12-13-14-15-16-17-18(19)20;3-1-6-2(4)5/h9-10H,2-8,11-17H2,1H3;9-10H,2-8,11-17H2,1H3,(H,19,20);1H2/b2*10-9+;. The van der Waals surface area contributed by atoms with Crippen LogP contribution >= 0.6 is 34.8 Å². The van der Waals surface area contributed by atoms with E-state index in [2.05, 4.69) is 59.2 Å². The van der Waals surface area contributed by atoms with Gasteiger partial charge in [-0.2, -0.15) is 0 Å². The van der Waals surface area contributed by atoms with Crippen molar-refractivity contribution in [3.63, 3.8) is 0 Å². The zero-order chi connectivity index (χ0) is 36.2. The second-order valence-electron chi connectivity index (χ2n) is 11.8. The van der Waals surface area contributed by atoms with Crippen molar-refractivity contribution in [2.24, 2.45) is 0 Å². The molecular weight excluding hydrogens is 675 g/mol. The first-order valence-corrected chi connectivity index (χ1v) is 20.1. The summed E-state index contributed by atoms with van der Waals surface area (Å²) in [5, 5.41) is 8.51. The molecule has 0 amide bonds. The maximum Gasteiger partial charge on any atom is 0.509 e. The summed E-state index contributed by atoms with van der Waals surface area (Å²) in [6, 6.07) is -0.327. The van der Waals surface area contributed by atoms with E-state index in [-0.39, 0.29) is 12.1 Å². The molecule has 0 saturated heterocycles. The first kappa shape index (κ1) is 50.9. The van der Waals surface area contributed by atoms with Gasteiger partial charge in [0.05, 0.1) is 6.61 Å². The van der Waals surface area contributed by atoms with Crippen LogP contribution in [0, 0.1) is 0 Å². The van der Waals surface area contributed by atoms with Crippen LogP contribution in [0.2, 0.25) is 0 Å². The number of carbonyl (C=O) groups excluding carboxylic acids is 2. The van der Waals surface area contributed by atoms with Gasteiger partial charge in [-0.25, -0.2) is 9.59 Å². The Kier molecular flexibility index (Phi) is 50.6.